The number of aliphatic hydroxyl groups excluding tert-OH is 1. The number of fused-ring (bicyclic) bond motifs is 1. The molecule has 118 valence electrons. The molecule has 1 heterocycles. The van der Waals surface area contributed by atoms with Gasteiger partial charge in [0.25, 0.3) is 0 Å². The molecule has 2 atom stereocenters. The van der Waals surface area contributed by atoms with Crippen molar-refractivity contribution >= 4 is 11.6 Å². The van der Waals surface area contributed by atoms with Gasteiger partial charge < -0.3 is 15.2 Å². The molecule has 0 saturated heterocycles. The minimum atomic E-state index is -0.273. The van der Waals surface area contributed by atoms with Crippen molar-refractivity contribution in [1.29, 1.82) is 0 Å². The smallest absolute Gasteiger partial charge is 0.125 e. The van der Waals surface area contributed by atoms with Gasteiger partial charge in [-0.1, -0.05) is 31.5 Å². The quantitative estimate of drug-likeness (QED) is 0.865. The molecular formula is C17H26ClNO2. The molecule has 0 fully saturated rings. The van der Waals surface area contributed by atoms with Crippen LogP contribution in [-0.2, 0) is 0 Å². The van der Waals surface area contributed by atoms with E-state index in [1.807, 2.05) is 19.1 Å². The Balaban J connectivity index is 2.07. The Morgan fingerprint density at radius 1 is 1.48 bits per heavy atom. The first kappa shape index (κ1) is 16.6. The van der Waals surface area contributed by atoms with Crippen LogP contribution in [0.15, 0.2) is 18.2 Å². The average Bonchev–Trinajstić information content (AvgIpc) is 2.56. The van der Waals surface area contributed by atoms with Crippen LogP contribution < -0.4 is 10.1 Å². The molecule has 0 aromatic heterocycles. The second-order valence-electron chi connectivity index (χ2n) is 6.82. The molecule has 0 saturated carbocycles. The summed E-state index contributed by atoms with van der Waals surface area (Å²) in [5.74, 6) is 0.894. The summed E-state index contributed by atoms with van der Waals surface area (Å²) < 4.78 is 5.79. The van der Waals surface area contributed by atoms with Gasteiger partial charge in [0.1, 0.15) is 5.75 Å². The highest BCUT2D eigenvalue weighted by molar-refractivity contribution is 6.30. The SMILES string of the molecule is CC(O)CC(C)(C)CNC1CCCOc2cc(Cl)ccc21. The van der Waals surface area contributed by atoms with Gasteiger partial charge in [0.2, 0.25) is 0 Å². The molecule has 0 radical (unpaired) electrons. The number of hydrogen-bond acceptors (Lipinski definition) is 3. The third-order valence-corrected chi connectivity index (χ3v) is 4.16. The standard InChI is InChI=1S/C17H26ClNO2/c1-12(20)10-17(2,3)11-19-15-5-4-8-21-16-9-13(18)6-7-14(15)16/h6-7,9,12,15,19-20H,4-5,8,10-11H2,1-3H3. The number of ether oxygens (including phenoxy) is 1. The maximum atomic E-state index is 9.60. The summed E-state index contributed by atoms with van der Waals surface area (Å²) in [6.07, 6.45) is 2.60. The van der Waals surface area contributed by atoms with E-state index in [0.29, 0.717) is 5.02 Å². The first-order valence-corrected chi connectivity index (χ1v) is 8.09. The van der Waals surface area contributed by atoms with E-state index in [-0.39, 0.29) is 17.6 Å². The fourth-order valence-corrected chi connectivity index (χ4v) is 3.19. The van der Waals surface area contributed by atoms with Gasteiger partial charge in [0, 0.05) is 23.2 Å². The van der Waals surface area contributed by atoms with Crippen LogP contribution in [0.2, 0.25) is 5.02 Å². The van der Waals surface area contributed by atoms with Crippen LogP contribution in [0.4, 0.5) is 0 Å². The van der Waals surface area contributed by atoms with Crippen molar-refractivity contribution in [3.8, 4) is 5.75 Å². The molecular weight excluding hydrogens is 286 g/mol. The maximum absolute atomic E-state index is 9.60. The molecule has 4 heteroatoms. The van der Waals surface area contributed by atoms with E-state index in [1.54, 1.807) is 0 Å². The third-order valence-electron chi connectivity index (χ3n) is 3.92. The number of nitrogens with one attached hydrogen (secondary N) is 1. The lowest BCUT2D eigenvalue weighted by molar-refractivity contribution is 0.126. The number of benzene rings is 1. The number of rotatable bonds is 5. The van der Waals surface area contributed by atoms with E-state index in [9.17, 15) is 5.11 Å². The van der Waals surface area contributed by atoms with E-state index in [2.05, 4.69) is 25.2 Å². The Morgan fingerprint density at radius 2 is 2.24 bits per heavy atom. The normalized spacial score (nSPS) is 20.3. The van der Waals surface area contributed by atoms with Gasteiger partial charge in [-0.15, -0.1) is 0 Å². The van der Waals surface area contributed by atoms with Crippen molar-refractivity contribution in [2.45, 2.75) is 52.2 Å². The van der Waals surface area contributed by atoms with Crippen molar-refractivity contribution in [2.75, 3.05) is 13.2 Å². The summed E-state index contributed by atoms with van der Waals surface area (Å²) in [6.45, 7) is 7.82. The van der Waals surface area contributed by atoms with E-state index in [1.165, 1.54) is 5.56 Å². The Labute approximate surface area is 132 Å². The lowest BCUT2D eigenvalue weighted by atomic mass is 9.86. The van der Waals surface area contributed by atoms with Crippen molar-refractivity contribution in [2.24, 2.45) is 5.41 Å². The van der Waals surface area contributed by atoms with E-state index in [0.717, 1.165) is 38.2 Å². The first-order valence-electron chi connectivity index (χ1n) is 7.71. The molecule has 1 aliphatic heterocycles. The number of halogens is 1. The summed E-state index contributed by atoms with van der Waals surface area (Å²) in [7, 11) is 0. The molecule has 0 aliphatic carbocycles. The van der Waals surface area contributed by atoms with E-state index < -0.39 is 0 Å². The Hall–Kier alpha value is -0.770. The molecule has 0 spiro atoms. The maximum Gasteiger partial charge on any atom is 0.125 e. The highest BCUT2D eigenvalue weighted by Gasteiger charge is 2.24. The summed E-state index contributed by atoms with van der Waals surface area (Å²) in [5.41, 5.74) is 1.25. The lowest BCUT2D eigenvalue weighted by Gasteiger charge is -2.29. The minimum Gasteiger partial charge on any atom is -0.493 e. The highest BCUT2D eigenvalue weighted by atomic mass is 35.5. The molecule has 1 aromatic carbocycles. The van der Waals surface area contributed by atoms with Crippen LogP contribution >= 0.6 is 11.6 Å². The zero-order valence-corrected chi connectivity index (χ0v) is 13.9. The summed E-state index contributed by atoms with van der Waals surface area (Å²) in [4.78, 5) is 0. The van der Waals surface area contributed by atoms with Crippen LogP contribution in [0.5, 0.6) is 5.75 Å². The van der Waals surface area contributed by atoms with E-state index in [4.69, 9.17) is 16.3 Å². The Kier molecular flexibility index (Phi) is 5.53. The van der Waals surface area contributed by atoms with Crippen LogP contribution in [0, 0.1) is 5.41 Å². The molecule has 2 unspecified atom stereocenters. The second-order valence-corrected chi connectivity index (χ2v) is 7.26. The topological polar surface area (TPSA) is 41.5 Å². The van der Waals surface area contributed by atoms with Gasteiger partial charge in [-0.25, -0.2) is 0 Å². The molecule has 2 rings (SSSR count). The second kappa shape index (κ2) is 6.99. The third kappa shape index (κ3) is 4.87. The van der Waals surface area contributed by atoms with Crippen LogP contribution in [0.25, 0.3) is 0 Å². The lowest BCUT2D eigenvalue weighted by Crippen LogP contribution is -2.34. The summed E-state index contributed by atoms with van der Waals surface area (Å²) >= 11 is 6.06. The van der Waals surface area contributed by atoms with Gasteiger partial charge in [0.15, 0.2) is 0 Å². The van der Waals surface area contributed by atoms with Crippen LogP contribution in [0.3, 0.4) is 0 Å². The summed E-state index contributed by atoms with van der Waals surface area (Å²) in [6, 6.07) is 6.17. The Bertz CT molecular complexity index is 474. The molecule has 21 heavy (non-hydrogen) atoms. The zero-order valence-electron chi connectivity index (χ0n) is 13.2. The van der Waals surface area contributed by atoms with Gasteiger partial charge >= 0.3 is 0 Å². The predicted molar refractivity (Wildman–Crippen MR) is 87.0 cm³/mol. The largest absolute Gasteiger partial charge is 0.493 e. The predicted octanol–water partition coefficient (Wildman–Crippen LogP) is 3.94. The first-order chi connectivity index (χ1) is 9.87. The minimum absolute atomic E-state index is 0.0634. The monoisotopic (exact) mass is 311 g/mol. The zero-order chi connectivity index (χ0) is 15.5. The number of aliphatic hydroxyl groups is 1. The fraction of sp³-hybridized carbons (Fsp3) is 0.647. The van der Waals surface area contributed by atoms with Gasteiger partial charge in [-0.05, 0) is 43.7 Å². The fourth-order valence-electron chi connectivity index (χ4n) is 3.03. The molecule has 1 aromatic rings. The molecule has 3 nitrogen and oxygen atoms in total. The van der Waals surface area contributed by atoms with Crippen LogP contribution in [-0.4, -0.2) is 24.4 Å². The number of hydrogen-bond donors (Lipinski definition) is 2. The van der Waals surface area contributed by atoms with Crippen molar-refractivity contribution in [3.63, 3.8) is 0 Å². The molecule has 1 aliphatic rings. The molecule has 0 amide bonds. The molecule has 2 N–H and O–H groups in total. The highest BCUT2D eigenvalue weighted by Crippen LogP contribution is 2.34. The van der Waals surface area contributed by atoms with Crippen molar-refractivity contribution in [1.82, 2.24) is 5.32 Å². The van der Waals surface area contributed by atoms with E-state index >= 15 is 0 Å². The van der Waals surface area contributed by atoms with Crippen molar-refractivity contribution in [3.05, 3.63) is 28.8 Å². The van der Waals surface area contributed by atoms with Crippen LogP contribution in [0.1, 0.15) is 51.6 Å². The molecule has 0 bridgehead atoms. The van der Waals surface area contributed by atoms with Gasteiger partial charge in [-0.3, -0.25) is 0 Å². The van der Waals surface area contributed by atoms with Gasteiger partial charge in [0.05, 0.1) is 12.7 Å². The van der Waals surface area contributed by atoms with Crippen molar-refractivity contribution < 1.29 is 9.84 Å². The van der Waals surface area contributed by atoms with Gasteiger partial charge in [-0.2, -0.15) is 0 Å². The Morgan fingerprint density at radius 3 is 2.95 bits per heavy atom. The average molecular weight is 312 g/mol. The summed E-state index contributed by atoms with van der Waals surface area (Å²) in [5, 5.41) is 14.0.